The maximum absolute atomic E-state index is 12.7. The van der Waals surface area contributed by atoms with Crippen molar-refractivity contribution in [2.24, 2.45) is 0 Å². The number of aromatic nitrogens is 2. The number of rotatable bonds is 5. The number of halogens is 1. The zero-order valence-corrected chi connectivity index (χ0v) is 16.7. The van der Waals surface area contributed by atoms with Crippen LogP contribution in [0.1, 0.15) is 16.1 Å². The van der Waals surface area contributed by atoms with Gasteiger partial charge >= 0.3 is 0 Å². The van der Waals surface area contributed by atoms with E-state index < -0.39 is 0 Å². The van der Waals surface area contributed by atoms with Gasteiger partial charge in [-0.25, -0.2) is 4.98 Å². The normalized spacial score (nSPS) is 10.9. The van der Waals surface area contributed by atoms with Crippen LogP contribution in [0.4, 0.5) is 5.69 Å². The largest absolute Gasteiger partial charge is 0.322 e. The molecule has 0 unspecified atom stereocenters. The number of amides is 1. The van der Waals surface area contributed by atoms with Crippen molar-refractivity contribution in [3.8, 4) is 0 Å². The van der Waals surface area contributed by atoms with E-state index in [-0.39, 0.29) is 5.91 Å². The summed E-state index contributed by atoms with van der Waals surface area (Å²) in [6.07, 6.45) is 4.00. The molecular formula is C21H16BrN3OS. The van der Waals surface area contributed by atoms with Crippen LogP contribution >= 0.6 is 27.7 Å². The predicted octanol–water partition coefficient (Wildman–Crippen LogP) is 5.64. The molecule has 4 nitrogen and oxygen atoms in total. The Labute approximate surface area is 169 Å². The second kappa shape index (κ2) is 7.98. The highest BCUT2D eigenvalue weighted by molar-refractivity contribution is 9.10. The summed E-state index contributed by atoms with van der Waals surface area (Å²) in [6.45, 7) is 0. The van der Waals surface area contributed by atoms with E-state index in [2.05, 4.69) is 26.2 Å². The molecule has 0 atom stereocenters. The fourth-order valence-electron chi connectivity index (χ4n) is 2.75. The first-order valence-corrected chi connectivity index (χ1v) is 10.2. The monoisotopic (exact) mass is 437 g/mol. The Morgan fingerprint density at radius 1 is 1.07 bits per heavy atom. The maximum Gasteiger partial charge on any atom is 0.256 e. The van der Waals surface area contributed by atoms with E-state index in [4.69, 9.17) is 0 Å². The van der Waals surface area contributed by atoms with Crippen LogP contribution in [0.15, 0.2) is 88.5 Å². The molecule has 27 heavy (non-hydrogen) atoms. The summed E-state index contributed by atoms with van der Waals surface area (Å²) >= 11 is 5.04. The number of hydrogen-bond acceptors (Lipinski definition) is 3. The first-order valence-electron chi connectivity index (χ1n) is 8.40. The molecule has 0 aliphatic carbocycles. The number of carbonyl (C=O) groups is 1. The van der Waals surface area contributed by atoms with Crippen molar-refractivity contribution in [1.82, 2.24) is 9.38 Å². The van der Waals surface area contributed by atoms with E-state index in [1.165, 1.54) is 0 Å². The topological polar surface area (TPSA) is 46.4 Å². The SMILES string of the molecule is O=C(Nc1cccc(Br)c1)c1ccccc1SCc1cn2ccccc2n1. The maximum atomic E-state index is 12.7. The molecule has 2 aromatic carbocycles. The van der Waals surface area contributed by atoms with Gasteiger partial charge in [0.05, 0.1) is 11.3 Å². The Morgan fingerprint density at radius 2 is 1.93 bits per heavy atom. The molecule has 2 heterocycles. The predicted molar refractivity (Wildman–Crippen MR) is 113 cm³/mol. The van der Waals surface area contributed by atoms with Crippen LogP contribution in [0.2, 0.25) is 0 Å². The van der Waals surface area contributed by atoms with Crippen LogP contribution in [0, 0.1) is 0 Å². The molecule has 4 aromatic rings. The lowest BCUT2D eigenvalue weighted by Gasteiger charge is -2.10. The number of carbonyl (C=O) groups excluding carboxylic acids is 1. The van der Waals surface area contributed by atoms with Crippen molar-refractivity contribution < 1.29 is 4.79 Å². The average Bonchev–Trinajstić information content (AvgIpc) is 3.09. The smallest absolute Gasteiger partial charge is 0.256 e. The van der Waals surface area contributed by atoms with Gasteiger partial charge in [0.2, 0.25) is 0 Å². The van der Waals surface area contributed by atoms with E-state index in [0.717, 1.165) is 26.4 Å². The minimum atomic E-state index is -0.119. The molecule has 1 N–H and O–H groups in total. The van der Waals surface area contributed by atoms with Crippen LogP contribution in [-0.4, -0.2) is 15.3 Å². The third-order valence-electron chi connectivity index (χ3n) is 4.00. The van der Waals surface area contributed by atoms with E-state index in [1.54, 1.807) is 11.8 Å². The Balaban J connectivity index is 1.51. The molecule has 4 rings (SSSR count). The molecule has 0 aliphatic rings. The molecule has 0 aliphatic heterocycles. The summed E-state index contributed by atoms with van der Waals surface area (Å²) in [4.78, 5) is 18.3. The molecule has 0 radical (unpaired) electrons. The quantitative estimate of drug-likeness (QED) is 0.410. The van der Waals surface area contributed by atoms with Gasteiger partial charge < -0.3 is 9.72 Å². The summed E-state index contributed by atoms with van der Waals surface area (Å²) in [7, 11) is 0. The van der Waals surface area contributed by atoms with Crippen molar-refractivity contribution in [3.63, 3.8) is 0 Å². The minimum Gasteiger partial charge on any atom is -0.322 e. The Kier molecular flexibility index (Phi) is 5.27. The van der Waals surface area contributed by atoms with Gasteiger partial charge in [0.15, 0.2) is 0 Å². The number of hydrogen-bond donors (Lipinski definition) is 1. The van der Waals surface area contributed by atoms with Crippen LogP contribution in [0.25, 0.3) is 5.65 Å². The average molecular weight is 438 g/mol. The fourth-order valence-corrected chi connectivity index (χ4v) is 4.09. The number of benzene rings is 2. The summed E-state index contributed by atoms with van der Waals surface area (Å²) < 4.78 is 2.93. The fraction of sp³-hybridized carbons (Fsp3) is 0.0476. The lowest BCUT2D eigenvalue weighted by molar-refractivity contribution is 0.102. The van der Waals surface area contributed by atoms with Gasteiger partial charge in [-0.2, -0.15) is 0 Å². The highest BCUT2D eigenvalue weighted by atomic mass is 79.9. The van der Waals surface area contributed by atoms with Gasteiger partial charge in [0, 0.05) is 33.2 Å². The van der Waals surface area contributed by atoms with Gasteiger partial charge in [-0.15, -0.1) is 11.8 Å². The van der Waals surface area contributed by atoms with E-state index in [9.17, 15) is 4.79 Å². The Bertz CT molecular complexity index is 1080. The van der Waals surface area contributed by atoms with Gasteiger partial charge in [-0.1, -0.05) is 40.2 Å². The molecule has 0 saturated heterocycles. The Morgan fingerprint density at radius 3 is 2.78 bits per heavy atom. The summed E-state index contributed by atoms with van der Waals surface area (Å²) in [5.74, 6) is 0.578. The molecule has 2 aromatic heterocycles. The van der Waals surface area contributed by atoms with Crippen LogP contribution in [0.5, 0.6) is 0 Å². The molecule has 134 valence electrons. The molecule has 0 spiro atoms. The lowest BCUT2D eigenvalue weighted by atomic mass is 10.2. The Hall–Kier alpha value is -2.57. The molecule has 0 saturated carbocycles. The lowest BCUT2D eigenvalue weighted by Crippen LogP contribution is -2.12. The third-order valence-corrected chi connectivity index (χ3v) is 5.60. The standard InChI is InChI=1S/C21H16BrN3OS/c22-15-6-5-7-16(12-15)24-21(26)18-8-1-2-9-19(18)27-14-17-13-25-11-4-3-10-20(25)23-17/h1-13H,14H2,(H,24,26). The number of imidazole rings is 1. The second-order valence-electron chi connectivity index (χ2n) is 5.95. The molecule has 0 bridgehead atoms. The van der Waals surface area contributed by atoms with E-state index >= 15 is 0 Å². The third kappa shape index (κ3) is 4.23. The van der Waals surface area contributed by atoms with Gasteiger partial charge in [-0.3, -0.25) is 4.79 Å². The van der Waals surface area contributed by atoms with Crippen molar-refractivity contribution in [2.45, 2.75) is 10.6 Å². The highest BCUT2D eigenvalue weighted by Crippen LogP contribution is 2.27. The zero-order valence-electron chi connectivity index (χ0n) is 14.3. The first kappa shape index (κ1) is 17.8. The number of fused-ring (bicyclic) bond motifs is 1. The number of thioether (sulfide) groups is 1. The number of nitrogens with one attached hydrogen (secondary N) is 1. The number of anilines is 1. The van der Waals surface area contributed by atoms with E-state index in [0.29, 0.717) is 11.3 Å². The molecule has 6 heteroatoms. The minimum absolute atomic E-state index is 0.119. The summed E-state index contributed by atoms with van der Waals surface area (Å²) in [5.41, 5.74) is 3.32. The number of pyridine rings is 1. The van der Waals surface area contributed by atoms with Gasteiger partial charge in [0.25, 0.3) is 5.91 Å². The number of nitrogens with zero attached hydrogens (tertiary/aromatic N) is 2. The van der Waals surface area contributed by atoms with Crippen molar-refractivity contribution >= 4 is 44.9 Å². The molecule has 0 fully saturated rings. The van der Waals surface area contributed by atoms with Crippen LogP contribution < -0.4 is 5.32 Å². The van der Waals surface area contributed by atoms with Crippen molar-refractivity contribution in [2.75, 3.05) is 5.32 Å². The van der Waals surface area contributed by atoms with Gasteiger partial charge in [-0.05, 0) is 42.5 Å². The first-order chi connectivity index (χ1) is 13.2. The summed E-state index contributed by atoms with van der Waals surface area (Å²) in [5, 5.41) is 2.96. The van der Waals surface area contributed by atoms with Crippen molar-refractivity contribution in [1.29, 1.82) is 0 Å². The highest BCUT2D eigenvalue weighted by Gasteiger charge is 2.12. The van der Waals surface area contributed by atoms with Gasteiger partial charge in [0.1, 0.15) is 5.65 Å². The molecule has 1 amide bonds. The molecular weight excluding hydrogens is 422 g/mol. The van der Waals surface area contributed by atoms with Crippen LogP contribution in [-0.2, 0) is 5.75 Å². The second-order valence-corrected chi connectivity index (χ2v) is 7.88. The van der Waals surface area contributed by atoms with Crippen molar-refractivity contribution in [3.05, 3.63) is 94.9 Å². The van der Waals surface area contributed by atoms with E-state index in [1.807, 2.05) is 83.5 Å². The summed E-state index contributed by atoms with van der Waals surface area (Å²) in [6, 6.07) is 21.1. The zero-order chi connectivity index (χ0) is 18.6. The van der Waals surface area contributed by atoms with Crippen LogP contribution in [0.3, 0.4) is 0 Å².